The standard InChI is InChI=1S/C18H22FNO/c1-4-18(20,15-7-5-6-8-16(15)19)12-14-11-13(2)9-10-17(14)21-3/h5-11H,4,12,20H2,1-3H3. The highest BCUT2D eigenvalue weighted by Gasteiger charge is 2.29. The first kappa shape index (κ1) is 15.5. The molecule has 0 spiro atoms. The van der Waals surface area contributed by atoms with Gasteiger partial charge in [-0.2, -0.15) is 0 Å². The number of methoxy groups -OCH3 is 1. The maximum absolute atomic E-state index is 14.1. The Morgan fingerprint density at radius 2 is 1.90 bits per heavy atom. The van der Waals surface area contributed by atoms with Gasteiger partial charge in [0.25, 0.3) is 0 Å². The van der Waals surface area contributed by atoms with Crippen molar-refractivity contribution in [2.24, 2.45) is 5.73 Å². The Morgan fingerprint density at radius 3 is 2.52 bits per heavy atom. The van der Waals surface area contributed by atoms with E-state index >= 15 is 0 Å². The second kappa shape index (κ2) is 6.27. The Bertz CT molecular complexity index is 626. The van der Waals surface area contributed by atoms with Gasteiger partial charge in [0.1, 0.15) is 11.6 Å². The third kappa shape index (κ3) is 3.24. The first-order chi connectivity index (χ1) is 10.00. The predicted octanol–water partition coefficient (Wildman–Crippen LogP) is 3.95. The Labute approximate surface area is 125 Å². The van der Waals surface area contributed by atoms with Crippen molar-refractivity contribution in [1.82, 2.24) is 0 Å². The summed E-state index contributed by atoms with van der Waals surface area (Å²) < 4.78 is 19.5. The molecule has 0 saturated heterocycles. The largest absolute Gasteiger partial charge is 0.496 e. The number of hydrogen-bond acceptors (Lipinski definition) is 2. The smallest absolute Gasteiger partial charge is 0.128 e. The normalized spacial score (nSPS) is 13.8. The van der Waals surface area contributed by atoms with Gasteiger partial charge >= 0.3 is 0 Å². The molecule has 0 radical (unpaired) electrons. The molecule has 2 aromatic rings. The van der Waals surface area contributed by atoms with Crippen LogP contribution in [0.3, 0.4) is 0 Å². The Morgan fingerprint density at radius 1 is 1.19 bits per heavy atom. The molecule has 1 atom stereocenters. The van der Waals surface area contributed by atoms with Gasteiger partial charge in [-0.15, -0.1) is 0 Å². The van der Waals surface area contributed by atoms with E-state index in [9.17, 15) is 4.39 Å². The van der Waals surface area contributed by atoms with Crippen molar-refractivity contribution in [2.45, 2.75) is 32.2 Å². The van der Waals surface area contributed by atoms with Crippen molar-refractivity contribution < 1.29 is 9.13 Å². The summed E-state index contributed by atoms with van der Waals surface area (Å²) in [5, 5.41) is 0. The minimum atomic E-state index is -0.744. The molecule has 0 aliphatic rings. The van der Waals surface area contributed by atoms with E-state index in [0.29, 0.717) is 18.4 Å². The van der Waals surface area contributed by atoms with Gasteiger partial charge in [0, 0.05) is 11.1 Å². The molecule has 21 heavy (non-hydrogen) atoms. The first-order valence-electron chi connectivity index (χ1n) is 7.17. The monoisotopic (exact) mass is 287 g/mol. The molecular weight excluding hydrogens is 265 g/mol. The van der Waals surface area contributed by atoms with Crippen LogP contribution in [0.25, 0.3) is 0 Å². The number of hydrogen-bond donors (Lipinski definition) is 1. The van der Waals surface area contributed by atoms with Gasteiger partial charge in [0.05, 0.1) is 7.11 Å². The summed E-state index contributed by atoms with van der Waals surface area (Å²) in [5.74, 6) is 0.536. The molecule has 3 heteroatoms. The minimum Gasteiger partial charge on any atom is -0.496 e. The van der Waals surface area contributed by atoms with Crippen molar-refractivity contribution in [2.75, 3.05) is 7.11 Å². The van der Waals surface area contributed by atoms with E-state index in [0.717, 1.165) is 16.9 Å². The fourth-order valence-electron chi connectivity index (χ4n) is 2.66. The fourth-order valence-corrected chi connectivity index (χ4v) is 2.66. The highest BCUT2D eigenvalue weighted by Crippen LogP contribution is 2.32. The van der Waals surface area contributed by atoms with Gasteiger partial charge in [0.2, 0.25) is 0 Å². The summed E-state index contributed by atoms with van der Waals surface area (Å²) in [6, 6.07) is 12.7. The van der Waals surface area contributed by atoms with Gasteiger partial charge in [-0.25, -0.2) is 4.39 Å². The van der Waals surface area contributed by atoms with E-state index < -0.39 is 5.54 Å². The lowest BCUT2D eigenvalue weighted by Gasteiger charge is -2.30. The van der Waals surface area contributed by atoms with Crippen LogP contribution in [-0.4, -0.2) is 7.11 Å². The average Bonchev–Trinajstić information content (AvgIpc) is 2.48. The molecule has 0 bridgehead atoms. The van der Waals surface area contributed by atoms with Crippen molar-refractivity contribution >= 4 is 0 Å². The van der Waals surface area contributed by atoms with E-state index in [1.807, 2.05) is 32.0 Å². The summed E-state index contributed by atoms with van der Waals surface area (Å²) in [6.07, 6.45) is 1.18. The van der Waals surface area contributed by atoms with Crippen LogP contribution < -0.4 is 10.5 Å². The van der Waals surface area contributed by atoms with Crippen molar-refractivity contribution in [3.63, 3.8) is 0 Å². The molecule has 0 aliphatic heterocycles. The van der Waals surface area contributed by atoms with Gasteiger partial charge in [-0.1, -0.05) is 42.8 Å². The van der Waals surface area contributed by atoms with Crippen LogP contribution in [0.5, 0.6) is 5.75 Å². The maximum Gasteiger partial charge on any atom is 0.128 e. The summed E-state index contributed by atoms with van der Waals surface area (Å²) in [5.41, 5.74) is 8.48. The Balaban J connectivity index is 2.44. The molecule has 0 fully saturated rings. The Hall–Kier alpha value is -1.87. The van der Waals surface area contributed by atoms with Crippen LogP contribution in [0.15, 0.2) is 42.5 Å². The van der Waals surface area contributed by atoms with E-state index in [1.54, 1.807) is 19.2 Å². The van der Waals surface area contributed by atoms with Crippen molar-refractivity contribution in [3.8, 4) is 5.75 Å². The molecule has 0 saturated carbocycles. The number of ether oxygens (including phenoxy) is 1. The van der Waals surface area contributed by atoms with Crippen LogP contribution >= 0.6 is 0 Å². The number of aryl methyl sites for hydroxylation is 1. The van der Waals surface area contributed by atoms with Crippen LogP contribution in [0.2, 0.25) is 0 Å². The molecule has 0 aromatic heterocycles. The summed E-state index contributed by atoms with van der Waals surface area (Å²) in [4.78, 5) is 0. The lowest BCUT2D eigenvalue weighted by molar-refractivity contribution is 0.377. The highest BCUT2D eigenvalue weighted by atomic mass is 19.1. The second-order valence-corrected chi connectivity index (χ2v) is 5.48. The lowest BCUT2D eigenvalue weighted by Crippen LogP contribution is -2.39. The predicted molar refractivity (Wildman–Crippen MR) is 84.0 cm³/mol. The van der Waals surface area contributed by atoms with Crippen LogP contribution in [0.4, 0.5) is 4.39 Å². The summed E-state index contributed by atoms with van der Waals surface area (Å²) in [7, 11) is 1.64. The zero-order valence-corrected chi connectivity index (χ0v) is 12.8. The molecule has 1 unspecified atom stereocenters. The second-order valence-electron chi connectivity index (χ2n) is 5.48. The fraction of sp³-hybridized carbons (Fsp3) is 0.333. The average molecular weight is 287 g/mol. The van der Waals surface area contributed by atoms with Crippen molar-refractivity contribution in [1.29, 1.82) is 0 Å². The molecular formula is C18H22FNO. The quantitative estimate of drug-likeness (QED) is 0.903. The molecule has 0 heterocycles. The molecule has 0 amide bonds. The molecule has 112 valence electrons. The number of nitrogens with two attached hydrogens (primary N) is 1. The van der Waals surface area contributed by atoms with E-state index in [-0.39, 0.29) is 5.82 Å². The zero-order valence-electron chi connectivity index (χ0n) is 12.8. The molecule has 2 rings (SSSR count). The summed E-state index contributed by atoms with van der Waals surface area (Å²) >= 11 is 0. The number of rotatable bonds is 5. The van der Waals surface area contributed by atoms with Crippen LogP contribution in [0.1, 0.15) is 30.0 Å². The van der Waals surface area contributed by atoms with Gasteiger partial charge in [-0.05, 0) is 37.5 Å². The van der Waals surface area contributed by atoms with Gasteiger partial charge < -0.3 is 10.5 Å². The Kier molecular flexibility index (Phi) is 4.63. The van der Waals surface area contributed by atoms with Crippen LogP contribution in [0, 0.1) is 12.7 Å². The van der Waals surface area contributed by atoms with Crippen LogP contribution in [-0.2, 0) is 12.0 Å². The minimum absolute atomic E-state index is 0.256. The molecule has 2 nitrogen and oxygen atoms in total. The van der Waals surface area contributed by atoms with Gasteiger partial charge in [0.15, 0.2) is 0 Å². The van der Waals surface area contributed by atoms with E-state index in [1.165, 1.54) is 6.07 Å². The number of benzene rings is 2. The zero-order chi connectivity index (χ0) is 15.5. The van der Waals surface area contributed by atoms with E-state index in [4.69, 9.17) is 10.5 Å². The highest BCUT2D eigenvalue weighted by molar-refractivity contribution is 5.40. The summed E-state index contributed by atoms with van der Waals surface area (Å²) in [6.45, 7) is 4.00. The maximum atomic E-state index is 14.1. The third-order valence-corrected chi connectivity index (χ3v) is 3.98. The lowest BCUT2D eigenvalue weighted by atomic mass is 9.82. The van der Waals surface area contributed by atoms with E-state index in [2.05, 4.69) is 6.07 Å². The first-order valence-corrected chi connectivity index (χ1v) is 7.17. The SMILES string of the molecule is CCC(N)(Cc1cc(C)ccc1OC)c1ccccc1F. The topological polar surface area (TPSA) is 35.2 Å². The van der Waals surface area contributed by atoms with Gasteiger partial charge in [-0.3, -0.25) is 0 Å². The number of halogens is 1. The third-order valence-electron chi connectivity index (χ3n) is 3.98. The van der Waals surface area contributed by atoms with Crippen molar-refractivity contribution in [3.05, 3.63) is 65.0 Å². The molecule has 0 aliphatic carbocycles. The molecule has 2 N–H and O–H groups in total. The molecule has 2 aromatic carbocycles.